The Kier molecular flexibility index (Phi) is 5.14. The van der Waals surface area contributed by atoms with Crippen LogP contribution in [0.2, 0.25) is 0 Å². The Morgan fingerprint density at radius 3 is 2.05 bits per heavy atom. The van der Waals surface area contributed by atoms with Gasteiger partial charge in [0.05, 0.1) is 0 Å². The summed E-state index contributed by atoms with van der Waals surface area (Å²) in [5.74, 6) is 2.00. The second-order valence-corrected chi connectivity index (χ2v) is 7.36. The van der Waals surface area contributed by atoms with Crippen LogP contribution in [-0.2, 0) is 4.74 Å². The molecule has 0 bridgehead atoms. The Hall–Kier alpha value is -0.540. The fourth-order valence-corrected chi connectivity index (χ4v) is 3.64. The van der Waals surface area contributed by atoms with Crippen molar-refractivity contribution >= 4 is 15.9 Å². The van der Waals surface area contributed by atoms with Crippen molar-refractivity contribution in [3.63, 3.8) is 0 Å². The summed E-state index contributed by atoms with van der Waals surface area (Å²) in [6, 6.07) is 6.50. The van der Waals surface area contributed by atoms with Gasteiger partial charge in [0.2, 0.25) is 0 Å². The van der Waals surface area contributed by atoms with Crippen molar-refractivity contribution in [1.29, 1.82) is 0 Å². The fourth-order valence-electron chi connectivity index (χ4n) is 2.71. The summed E-state index contributed by atoms with van der Waals surface area (Å²) in [7, 11) is 1.76. The number of alkyl halides is 1. The minimum atomic E-state index is 0.148. The third kappa shape index (κ3) is 3.04. The van der Waals surface area contributed by atoms with Crippen LogP contribution in [0.4, 0.5) is 0 Å². The highest BCUT2D eigenvalue weighted by Gasteiger charge is 2.42. The maximum absolute atomic E-state index is 6.35. The Bertz CT molecular complexity index is 430. The third-order valence-electron chi connectivity index (χ3n) is 4.04. The average molecular weight is 341 g/mol. The molecule has 2 nitrogen and oxygen atoms in total. The van der Waals surface area contributed by atoms with E-state index in [0.29, 0.717) is 16.7 Å². The van der Waals surface area contributed by atoms with Crippen molar-refractivity contribution < 1.29 is 9.47 Å². The predicted octanol–water partition coefficient (Wildman–Crippen LogP) is 4.86. The van der Waals surface area contributed by atoms with Gasteiger partial charge in [-0.1, -0.05) is 61.8 Å². The largest absolute Gasteiger partial charge is 0.487 e. The number of hydrogen-bond acceptors (Lipinski definition) is 2. The molecule has 2 rings (SSSR count). The van der Waals surface area contributed by atoms with Crippen LogP contribution in [-0.4, -0.2) is 24.1 Å². The zero-order valence-electron chi connectivity index (χ0n) is 13.0. The first-order valence-electron chi connectivity index (χ1n) is 7.42. The molecule has 1 saturated carbocycles. The number of halogens is 1. The van der Waals surface area contributed by atoms with Crippen molar-refractivity contribution in [3.8, 4) is 5.75 Å². The highest BCUT2D eigenvalue weighted by molar-refractivity contribution is 9.09. The van der Waals surface area contributed by atoms with Gasteiger partial charge >= 0.3 is 0 Å². The van der Waals surface area contributed by atoms with E-state index in [1.165, 1.54) is 11.1 Å². The number of hydrogen-bond donors (Lipinski definition) is 0. The molecule has 1 aromatic carbocycles. The maximum atomic E-state index is 6.35. The van der Waals surface area contributed by atoms with Gasteiger partial charge in [-0.15, -0.1) is 0 Å². The standard InChI is InChI=1S/C17H25BrO2/c1-10(2)12-7-6-8-13(11(3)4)16(12)20-15-9-14(18)17(15)19-5/h6-8,10-11,14-15,17H,9H2,1-5H3. The van der Waals surface area contributed by atoms with Gasteiger partial charge in [-0.3, -0.25) is 0 Å². The molecule has 1 aromatic rings. The molecule has 3 unspecified atom stereocenters. The molecule has 1 aliphatic rings. The number of para-hydroxylation sites is 1. The van der Waals surface area contributed by atoms with Crippen molar-refractivity contribution in [3.05, 3.63) is 29.3 Å². The predicted molar refractivity (Wildman–Crippen MR) is 87.2 cm³/mol. The van der Waals surface area contributed by atoms with Crippen LogP contribution in [0, 0.1) is 0 Å². The molecule has 1 aliphatic carbocycles. The van der Waals surface area contributed by atoms with Crippen molar-refractivity contribution in [1.82, 2.24) is 0 Å². The van der Waals surface area contributed by atoms with E-state index in [2.05, 4.69) is 61.8 Å². The second-order valence-electron chi connectivity index (χ2n) is 6.18. The number of benzene rings is 1. The van der Waals surface area contributed by atoms with Crippen molar-refractivity contribution in [2.24, 2.45) is 0 Å². The van der Waals surface area contributed by atoms with Crippen LogP contribution in [0.3, 0.4) is 0 Å². The van der Waals surface area contributed by atoms with Crippen molar-refractivity contribution in [2.75, 3.05) is 7.11 Å². The van der Waals surface area contributed by atoms with Gasteiger partial charge in [0.15, 0.2) is 0 Å². The van der Waals surface area contributed by atoms with Gasteiger partial charge in [-0.2, -0.15) is 0 Å². The maximum Gasteiger partial charge on any atom is 0.127 e. The topological polar surface area (TPSA) is 18.5 Å². The van der Waals surface area contributed by atoms with E-state index in [1.807, 2.05) is 0 Å². The zero-order valence-corrected chi connectivity index (χ0v) is 14.6. The molecule has 20 heavy (non-hydrogen) atoms. The minimum absolute atomic E-state index is 0.148. The molecule has 0 N–H and O–H groups in total. The Balaban J connectivity index is 2.29. The van der Waals surface area contributed by atoms with Gasteiger partial charge < -0.3 is 9.47 Å². The van der Waals surface area contributed by atoms with E-state index < -0.39 is 0 Å². The molecule has 112 valence electrons. The molecule has 1 fully saturated rings. The van der Waals surface area contributed by atoms with Gasteiger partial charge in [0, 0.05) is 18.4 Å². The SMILES string of the molecule is COC1C(Br)CC1Oc1c(C(C)C)cccc1C(C)C. The van der Waals surface area contributed by atoms with Crippen molar-refractivity contribution in [2.45, 2.75) is 63.0 Å². The molecular formula is C17H25BrO2. The van der Waals surface area contributed by atoms with Crippen LogP contribution in [0.15, 0.2) is 18.2 Å². The molecule has 0 aliphatic heterocycles. The van der Waals surface area contributed by atoms with Gasteiger partial charge in [-0.05, 0) is 23.0 Å². The van der Waals surface area contributed by atoms with E-state index in [9.17, 15) is 0 Å². The van der Waals surface area contributed by atoms with E-state index >= 15 is 0 Å². The molecule has 0 heterocycles. The summed E-state index contributed by atoms with van der Waals surface area (Å²) >= 11 is 3.63. The highest BCUT2D eigenvalue weighted by atomic mass is 79.9. The summed E-state index contributed by atoms with van der Waals surface area (Å²) < 4.78 is 11.9. The molecule has 3 heteroatoms. The first kappa shape index (κ1) is 15.8. The quantitative estimate of drug-likeness (QED) is 0.712. The number of methoxy groups -OCH3 is 1. The first-order chi connectivity index (χ1) is 9.45. The lowest BCUT2D eigenvalue weighted by Crippen LogP contribution is -2.52. The van der Waals surface area contributed by atoms with E-state index in [-0.39, 0.29) is 12.2 Å². The Labute approximate surface area is 131 Å². The summed E-state index contributed by atoms with van der Waals surface area (Å²) in [4.78, 5) is 0.409. The second kappa shape index (κ2) is 6.48. The number of rotatable bonds is 5. The fraction of sp³-hybridized carbons (Fsp3) is 0.647. The highest BCUT2D eigenvalue weighted by Crippen LogP contribution is 2.39. The van der Waals surface area contributed by atoms with Crippen LogP contribution in [0.1, 0.15) is 57.1 Å². The van der Waals surface area contributed by atoms with Crippen LogP contribution in [0.25, 0.3) is 0 Å². The van der Waals surface area contributed by atoms with Gasteiger partial charge in [0.25, 0.3) is 0 Å². The number of ether oxygens (including phenoxy) is 2. The van der Waals surface area contributed by atoms with E-state index in [1.54, 1.807) is 7.11 Å². The molecule has 0 amide bonds. The normalized spacial score (nSPS) is 25.9. The summed E-state index contributed by atoms with van der Waals surface area (Å²) in [6.45, 7) is 8.87. The molecule has 0 aromatic heterocycles. The monoisotopic (exact) mass is 340 g/mol. The first-order valence-corrected chi connectivity index (χ1v) is 8.33. The minimum Gasteiger partial charge on any atom is -0.487 e. The van der Waals surface area contributed by atoms with E-state index in [4.69, 9.17) is 9.47 Å². The lowest BCUT2D eigenvalue weighted by atomic mass is 9.90. The molecule has 0 spiro atoms. The van der Waals surface area contributed by atoms with Crippen LogP contribution < -0.4 is 4.74 Å². The van der Waals surface area contributed by atoms with Gasteiger partial charge in [0.1, 0.15) is 18.0 Å². The molecule has 0 radical (unpaired) electrons. The smallest absolute Gasteiger partial charge is 0.127 e. The molecule has 3 atom stereocenters. The average Bonchev–Trinajstić information content (AvgIpc) is 2.37. The van der Waals surface area contributed by atoms with Crippen LogP contribution >= 0.6 is 15.9 Å². The van der Waals surface area contributed by atoms with Gasteiger partial charge in [-0.25, -0.2) is 0 Å². The zero-order chi connectivity index (χ0) is 14.9. The Morgan fingerprint density at radius 2 is 1.65 bits per heavy atom. The third-order valence-corrected chi connectivity index (χ3v) is 4.94. The summed E-state index contributed by atoms with van der Waals surface area (Å²) in [5.41, 5.74) is 2.59. The summed E-state index contributed by atoms with van der Waals surface area (Å²) in [6.07, 6.45) is 1.31. The lowest BCUT2D eigenvalue weighted by Gasteiger charge is -2.41. The summed E-state index contributed by atoms with van der Waals surface area (Å²) in [5, 5.41) is 0. The van der Waals surface area contributed by atoms with Crippen LogP contribution in [0.5, 0.6) is 5.75 Å². The Morgan fingerprint density at radius 1 is 1.10 bits per heavy atom. The van der Waals surface area contributed by atoms with E-state index in [0.717, 1.165) is 12.2 Å². The molecule has 0 saturated heterocycles. The molecular weight excluding hydrogens is 316 g/mol. The lowest BCUT2D eigenvalue weighted by molar-refractivity contribution is -0.0553.